The third-order valence-corrected chi connectivity index (χ3v) is 5.20. The maximum Gasteiger partial charge on any atom is 0.0316 e. The summed E-state index contributed by atoms with van der Waals surface area (Å²) in [6, 6.07) is 10.9. The number of benzene rings is 1. The first-order chi connectivity index (χ1) is 8.70. The third-order valence-electron chi connectivity index (χ3n) is 3.36. The number of halogens is 1. The minimum atomic E-state index is 0.350. The fraction of sp³-hybridized carbons (Fsp3) is 0.125. The SMILES string of the molecule is C=C(C)C1C(c2ccsc2)=C(I)c2ccccc21. The van der Waals surface area contributed by atoms with Crippen LogP contribution in [0.4, 0.5) is 0 Å². The maximum absolute atomic E-state index is 4.20. The molecule has 0 bridgehead atoms. The van der Waals surface area contributed by atoms with Gasteiger partial charge in [-0.1, -0.05) is 36.4 Å². The molecule has 1 heterocycles. The number of allylic oxidation sites excluding steroid dienone is 2. The molecule has 1 unspecified atom stereocenters. The molecule has 90 valence electrons. The number of rotatable bonds is 2. The molecule has 0 nitrogen and oxygen atoms in total. The van der Waals surface area contributed by atoms with Gasteiger partial charge in [-0.25, -0.2) is 0 Å². The molecule has 2 heteroatoms. The van der Waals surface area contributed by atoms with Gasteiger partial charge in [-0.05, 0) is 68.6 Å². The van der Waals surface area contributed by atoms with Crippen molar-refractivity contribution >= 4 is 43.1 Å². The molecular weight excluding hydrogens is 351 g/mol. The Balaban J connectivity index is 2.25. The number of thiophene rings is 1. The summed E-state index contributed by atoms with van der Waals surface area (Å²) in [6.45, 7) is 6.32. The predicted octanol–water partition coefficient (Wildman–Crippen LogP) is 5.72. The first-order valence-corrected chi connectivity index (χ1v) is 7.89. The van der Waals surface area contributed by atoms with Crippen LogP contribution in [0.3, 0.4) is 0 Å². The zero-order chi connectivity index (χ0) is 12.7. The first-order valence-electron chi connectivity index (χ1n) is 5.87. The Morgan fingerprint density at radius 2 is 2.06 bits per heavy atom. The molecule has 1 aromatic heterocycles. The van der Waals surface area contributed by atoms with E-state index < -0.39 is 0 Å². The molecule has 0 spiro atoms. The second-order valence-corrected chi connectivity index (χ2v) is 6.47. The lowest BCUT2D eigenvalue weighted by atomic mass is 9.87. The summed E-state index contributed by atoms with van der Waals surface area (Å²) in [6.07, 6.45) is 0. The molecule has 0 saturated heterocycles. The van der Waals surface area contributed by atoms with E-state index in [1.807, 2.05) is 0 Å². The monoisotopic (exact) mass is 364 g/mol. The Morgan fingerprint density at radius 1 is 1.28 bits per heavy atom. The van der Waals surface area contributed by atoms with Crippen LogP contribution in [0.15, 0.2) is 53.2 Å². The topological polar surface area (TPSA) is 0 Å². The van der Waals surface area contributed by atoms with Gasteiger partial charge in [0.05, 0.1) is 0 Å². The van der Waals surface area contributed by atoms with Gasteiger partial charge in [0.15, 0.2) is 0 Å². The Bertz CT molecular complexity index is 635. The van der Waals surface area contributed by atoms with Crippen LogP contribution in [0.1, 0.15) is 29.5 Å². The second-order valence-electron chi connectivity index (χ2n) is 4.61. The van der Waals surface area contributed by atoms with Crippen LogP contribution in [0.2, 0.25) is 0 Å². The Labute approximate surface area is 125 Å². The van der Waals surface area contributed by atoms with Gasteiger partial charge >= 0.3 is 0 Å². The molecule has 0 radical (unpaired) electrons. The molecule has 0 aliphatic heterocycles. The molecule has 18 heavy (non-hydrogen) atoms. The number of hydrogen-bond donors (Lipinski definition) is 0. The molecule has 1 aliphatic rings. The molecule has 0 fully saturated rings. The van der Waals surface area contributed by atoms with Crippen LogP contribution >= 0.6 is 33.9 Å². The van der Waals surface area contributed by atoms with Gasteiger partial charge in [0.2, 0.25) is 0 Å². The molecule has 2 aromatic rings. The molecule has 1 atom stereocenters. The van der Waals surface area contributed by atoms with Crippen molar-refractivity contribution < 1.29 is 0 Å². The van der Waals surface area contributed by atoms with E-state index in [1.165, 1.54) is 31.4 Å². The van der Waals surface area contributed by atoms with E-state index in [9.17, 15) is 0 Å². The largest absolute Gasteiger partial charge is 0.152 e. The molecule has 0 saturated carbocycles. The summed E-state index contributed by atoms with van der Waals surface area (Å²) in [5.74, 6) is 0.350. The van der Waals surface area contributed by atoms with Gasteiger partial charge in [0.1, 0.15) is 0 Å². The van der Waals surface area contributed by atoms with Crippen molar-refractivity contribution in [2.75, 3.05) is 0 Å². The molecular formula is C16H13IS. The molecule has 0 N–H and O–H groups in total. The van der Waals surface area contributed by atoms with Crippen LogP contribution in [-0.2, 0) is 0 Å². The fourth-order valence-corrected chi connectivity index (χ4v) is 4.37. The summed E-state index contributed by atoms with van der Waals surface area (Å²) in [5, 5.41) is 4.38. The standard InChI is InChI=1S/C16H13IS/c1-10(2)14-12-5-3-4-6-13(12)16(17)15(14)11-7-8-18-9-11/h3-9,14H,1H2,2H3. The van der Waals surface area contributed by atoms with Gasteiger partial charge in [0.25, 0.3) is 0 Å². The fourth-order valence-electron chi connectivity index (χ4n) is 2.60. The Kier molecular flexibility index (Phi) is 3.16. The number of fused-ring (bicyclic) bond motifs is 1. The molecule has 1 aromatic carbocycles. The lowest BCUT2D eigenvalue weighted by Gasteiger charge is -2.16. The quantitative estimate of drug-likeness (QED) is 0.472. The van der Waals surface area contributed by atoms with Crippen molar-refractivity contribution in [2.45, 2.75) is 12.8 Å². The van der Waals surface area contributed by atoms with Gasteiger partial charge in [-0.3, -0.25) is 0 Å². The third kappa shape index (κ3) is 1.79. The van der Waals surface area contributed by atoms with E-state index in [0.717, 1.165) is 0 Å². The Hall–Kier alpha value is -0.870. The van der Waals surface area contributed by atoms with Crippen molar-refractivity contribution in [1.82, 2.24) is 0 Å². The van der Waals surface area contributed by atoms with E-state index >= 15 is 0 Å². The molecule has 0 amide bonds. The summed E-state index contributed by atoms with van der Waals surface area (Å²) in [7, 11) is 0. The van der Waals surface area contributed by atoms with Crippen LogP contribution in [-0.4, -0.2) is 0 Å². The summed E-state index contributed by atoms with van der Waals surface area (Å²) in [5.41, 5.74) is 6.75. The highest BCUT2D eigenvalue weighted by molar-refractivity contribution is 14.1. The highest BCUT2D eigenvalue weighted by atomic mass is 127. The van der Waals surface area contributed by atoms with Crippen LogP contribution in [0.25, 0.3) is 9.15 Å². The average molecular weight is 364 g/mol. The highest BCUT2D eigenvalue weighted by Gasteiger charge is 2.31. The minimum absolute atomic E-state index is 0.350. The van der Waals surface area contributed by atoms with Crippen LogP contribution in [0.5, 0.6) is 0 Å². The first kappa shape index (κ1) is 12.2. The zero-order valence-electron chi connectivity index (χ0n) is 10.1. The van der Waals surface area contributed by atoms with E-state index in [4.69, 9.17) is 0 Å². The lowest BCUT2D eigenvalue weighted by molar-refractivity contribution is 1.04. The van der Waals surface area contributed by atoms with Gasteiger partial charge in [-0.2, -0.15) is 11.3 Å². The van der Waals surface area contributed by atoms with Gasteiger partial charge in [-0.15, -0.1) is 0 Å². The lowest BCUT2D eigenvalue weighted by Crippen LogP contribution is -1.98. The maximum atomic E-state index is 4.20. The minimum Gasteiger partial charge on any atom is -0.152 e. The highest BCUT2D eigenvalue weighted by Crippen LogP contribution is 2.52. The molecule has 3 rings (SSSR count). The van der Waals surface area contributed by atoms with Crippen molar-refractivity contribution in [3.63, 3.8) is 0 Å². The van der Waals surface area contributed by atoms with Crippen LogP contribution in [0, 0.1) is 0 Å². The number of hydrogen-bond acceptors (Lipinski definition) is 1. The van der Waals surface area contributed by atoms with E-state index in [2.05, 4.69) is 77.2 Å². The Morgan fingerprint density at radius 3 is 2.72 bits per heavy atom. The van der Waals surface area contributed by atoms with Gasteiger partial charge < -0.3 is 0 Å². The average Bonchev–Trinajstić information content (AvgIpc) is 2.96. The smallest absolute Gasteiger partial charge is 0.0316 e. The second kappa shape index (κ2) is 4.67. The van der Waals surface area contributed by atoms with Gasteiger partial charge in [0, 0.05) is 9.50 Å². The predicted molar refractivity (Wildman–Crippen MR) is 89.2 cm³/mol. The van der Waals surface area contributed by atoms with E-state index in [0.29, 0.717) is 5.92 Å². The summed E-state index contributed by atoms with van der Waals surface area (Å²) < 4.78 is 1.37. The van der Waals surface area contributed by atoms with E-state index in [1.54, 1.807) is 11.3 Å². The zero-order valence-corrected chi connectivity index (χ0v) is 13.1. The van der Waals surface area contributed by atoms with Crippen molar-refractivity contribution in [2.24, 2.45) is 0 Å². The van der Waals surface area contributed by atoms with Crippen LogP contribution < -0.4 is 0 Å². The normalized spacial score (nSPS) is 18.0. The van der Waals surface area contributed by atoms with Crippen molar-refractivity contribution in [3.05, 3.63) is 69.9 Å². The van der Waals surface area contributed by atoms with E-state index in [-0.39, 0.29) is 0 Å². The summed E-state index contributed by atoms with van der Waals surface area (Å²) >= 11 is 4.23. The molecule has 1 aliphatic carbocycles. The van der Waals surface area contributed by atoms with Crippen molar-refractivity contribution in [3.8, 4) is 0 Å². The van der Waals surface area contributed by atoms with Crippen molar-refractivity contribution in [1.29, 1.82) is 0 Å². The summed E-state index contributed by atoms with van der Waals surface area (Å²) in [4.78, 5) is 0.